The van der Waals surface area contributed by atoms with Gasteiger partial charge in [-0.25, -0.2) is 19.2 Å². The number of rotatable bonds is 6. The number of oxime groups is 1. The van der Waals surface area contributed by atoms with Crippen LogP contribution in [-0.4, -0.2) is 35.6 Å². The van der Waals surface area contributed by atoms with E-state index < -0.39 is 0 Å². The summed E-state index contributed by atoms with van der Waals surface area (Å²) in [7, 11) is 0. The average molecular weight is 504 g/mol. The zero-order valence-electron chi connectivity index (χ0n) is 20.3. The number of aryl methyl sites for hydroxylation is 1. The zero-order valence-corrected chi connectivity index (χ0v) is 20.3. The lowest BCUT2D eigenvalue weighted by Gasteiger charge is -2.24. The van der Waals surface area contributed by atoms with Crippen molar-refractivity contribution in [3.63, 3.8) is 0 Å². The van der Waals surface area contributed by atoms with Gasteiger partial charge in [0.2, 0.25) is 11.8 Å². The maximum atomic E-state index is 6.39. The summed E-state index contributed by atoms with van der Waals surface area (Å²) in [6.45, 7) is 2.06. The van der Waals surface area contributed by atoms with Crippen molar-refractivity contribution in [1.82, 2.24) is 29.4 Å². The molecule has 10 nitrogen and oxygen atoms in total. The van der Waals surface area contributed by atoms with Crippen LogP contribution in [-0.2, 0) is 11.4 Å². The summed E-state index contributed by atoms with van der Waals surface area (Å²) >= 11 is 0. The minimum Gasteiger partial charge on any atom is -0.468 e. The topological polar surface area (TPSA) is 105 Å². The van der Waals surface area contributed by atoms with Gasteiger partial charge in [-0.2, -0.15) is 5.10 Å². The smallest absolute Gasteiger partial charge is 0.230 e. The van der Waals surface area contributed by atoms with E-state index in [9.17, 15) is 0 Å². The second-order valence-corrected chi connectivity index (χ2v) is 8.78. The first-order valence-electron chi connectivity index (χ1n) is 12.1. The largest absolute Gasteiger partial charge is 0.468 e. The average Bonchev–Trinajstić information content (AvgIpc) is 3.70. The molecule has 1 unspecified atom stereocenters. The summed E-state index contributed by atoms with van der Waals surface area (Å²) < 4.78 is 15.7. The molecule has 0 spiro atoms. The molecule has 38 heavy (non-hydrogen) atoms. The van der Waals surface area contributed by atoms with Crippen LogP contribution >= 0.6 is 0 Å². The molecule has 7 rings (SSSR count). The van der Waals surface area contributed by atoms with Crippen molar-refractivity contribution >= 4 is 11.9 Å². The molecule has 0 saturated heterocycles. The molecule has 0 bridgehead atoms. The number of ether oxygens (including phenoxy) is 1. The van der Waals surface area contributed by atoms with E-state index in [1.54, 1.807) is 28.0 Å². The normalized spacial score (nSPS) is 14.4. The highest BCUT2D eigenvalue weighted by molar-refractivity contribution is 5.78. The molecule has 1 atom stereocenters. The molecule has 0 amide bonds. The molecule has 2 aromatic carbocycles. The Hall–Kier alpha value is -5.25. The molecule has 1 aliphatic rings. The van der Waals surface area contributed by atoms with Crippen molar-refractivity contribution in [2.45, 2.75) is 19.4 Å². The molecule has 6 aromatic rings. The van der Waals surface area contributed by atoms with E-state index in [1.165, 1.54) is 0 Å². The van der Waals surface area contributed by atoms with Crippen molar-refractivity contribution in [3.05, 3.63) is 119 Å². The van der Waals surface area contributed by atoms with Crippen molar-refractivity contribution < 1.29 is 14.0 Å². The molecular formula is C28H21N7O3. The van der Waals surface area contributed by atoms with Crippen LogP contribution in [0.3, 0.4) is 0 Å². The van der Waals surface area contributed by atoms with E-state index in [4.69, 9.17) is 24.1 Å². The summed E-state index contributed by atoms with van der Waals surface area (Å²) in [6.07, 6.45) is 4.88. The summed E-state index contributed by atoms with van der Waals surface area (Å²) in [5, 5.41) is 13.4. The minimum atomic E-state index is -0.341. The van der Waals surface area contributed by atoms with Crippen LogP contribution in [0.1, 0.15) is 39.9 Å². The molecule has 0 aliphatic carbocycles. The van der Waals surface area contributed by atoms with E-state index >= 15 is 0 Å². The van der Waals surface area contributed by atoms with Crippen LogP contribution in [0.5, 0.6) is 11.8 Å². The third-order valence-corrected chi connectivity index (χ3v) is 6.36. The van der Waals surface area contributed by atoms with Gasteiger partial charge in [0, 0.05) is 0 Å². The molecule has 0 N–H and O–H groups in total. The fraction of sp³-hybridized carbons (Fsp3) is 0.107. The summed E-state index contributed by atoms with van der Waals surface area (Å²) in [4.78, 5) is 14.8. The Morgan fingerprint density at radius 3 is 2.58 bits per heavy atom. The summed E-state index contributed by atoms with van der Waals surface area (Å²) in [6, 6.07) is 23.4. The quantitative estimate of drug-likeness (QED) is 0.231. The predicted molar refractivity (Wildman–Crippen MR) is 138 cm³/mol. The standard InChI is InChI=1S/C28H21N7O3/c1-18-23-24(21-13-8-14-36-21)25-26-31-22(16-37-30-15-19-9-4-2-5-10-19)33-34(26)17-29-27(25)38-28(23)35(32-18)20-11-6-3-7-12-20/h2-15,17,24H,16H2,1H3/b30-15+. The second-order valence-electron chi connectivity index (χ2n) is 8.78. The van der Waals surface area contributed by atoms with Gasteiger partial charge in [0.15, 0.2) is 18.1 Å². The maximum absolute atomic E-state index is 6.39. The molecule has 10 heteroatoms. The first-order valence-corrected chi connectivity index (χ1v) is 12.1. The van der Waals surface area contributed by atoms with Gasteiger partial charge in [0.25, 0.3) is 0 Å². The number of para-hydroxylation sites is 1. The highest BCUT2D eigenvalue weighted by Gasteiger charge is 2.39. The molecule has 5 heterocycles. The first kappa shape index (κ1) is 22.0. The molecular weight excluding hydrogens is 482 g/mol. The van der Waals surface area contributed by atoms with Crippen molar-refractivity contribution in [2.75, 3.05) is 0 Å². The maximum Gasteiger partial charge on any atom is 0.230 e. The van der Waals surface area contributed by atoms with E-state index in [2.05, 4.69) is 15.2 Å². The Bertz CT molecular complexity index is 1760. The van der Waals surface area contributed by atoms with Gasteiger partial charge < -0.3 is 14.0 Å². The van der Waals surface area contributed by atoms with Crippen LogP contribution in [0.2, 0.25) is 0 Å². The van der Waals surface area contributed by atoms with Gasteiger partial charge in [0.05, 0.1) is 40.9 Å². The van der Waals surface area contributed by atoms with Gasteiger partial charge in [-0.05, 0) is 36.8 Å². The Balaban J connectivity index is 1.29. The first-order chi connectivity index (χ1) is 18.8. The molecule has 4 aromatic heterocycles. The summed E-state index contributed by atoms with van der Waals surface area (Å²) in [5.41, 5.74) is 4.87. The van der Waals surface area contributed by atoms with Crippen molar-refractivity contribution in [1.29, 1.82) is 0 Å². The molecule has 1 aliphatic heterocycles. The van der Waals surface area contributed by atoms with Gasteiger partial charge in [-0.15, -0.1) is 5.10 Å². The Morgan fingerprint density at radius 2 is 1.79 bits per heavy atom. The number of furan rings is 1. The van der Waals surface area contributed by atoms with Crippen LogP contribution in [0.4, 0.5) is 0 Å². The van der Waals surface area contributed by atoms with Gasteiger partial charge in [0.1, 0.15) is 12.1 Å². The van der Waals surface area contributed by atoms with Crippen LogP contribution < -0.4 is 4.74 Å². The number of aromatic nitrogens is 6. The van der Waals surface area contributed by atoms with Crippen molar-refractivity contribution in [3.8, 4) is 17.4 Å². The van der Waals surface area contributed by atoms with Crippen LogP contribution in [0.25, 0.3) is 11.3 Å². The molecule has 186 valence electrons. The van der Waals surface area contributed by atoms with E-state index in [1.807, 2.05) is 79.7 Å². The fourth-order valence-corrected chi connectivity index (χ4v) is 4.70. The van der Waals surface area contributed by atoms with Crippen LogP contribution in [0, 0.1) is 6.92 Å². The number of hydrogen-bond donors (Lipinski definition) is 0. The fourth-order valence-electron chi connectivity index (χ4n) is 4.70. The Morgan fingerprint density at radius 1 is 0.974 bits per heavy atom. The number of hydrogen-bond acceptors (Lipinski definition) is 8. The number of benzene rings is 2. The monoisotopic (exact) mass is 503 g/mol. The van der Waals surface area contributed by atoms with Crippen LogP contribution in [0.15, 0.2) is 95.0 Å². The lowest BCUT2D eigenvalue weighted by molar-refractivity contribution is 0.126. The number of nitrogens with zero attached hydrogens (tertiary/aromatic N) is 7. The third kappa shape index (κ3) is 3.70. The SMILES string of the molecule is Cc1nn(-c2ccccc2)c2c1C(c1ccco1)c1c(ncn3nc(CO/N=C/c4ccccc4)nc13)O2. The predicted octanol–water partition coefficient (Wildman–Crippen LogP) is 5.05. The second kappa shape index (κ2) is 9.00. The Kier molecular flexibility index (Phi) is 5.21. The molecule has 0 radical (unpaired) electrons. The zero-order chi connectivity index (χ0) is 25.5. The third-order valence-electron chi connectivity index (χ3n) is 6.36. The number of fused-ring (bicyclic) bond motifs is 4. The molecule has 0 fully saturated rings. The van der Waals surface area contributed by atoms with Crippen molar-refractivity contribution in [2.24, 2.45) is 5.16 Å². The van der Waals surface area contributed by atoms with Gasteiger partial charge in [-0.1, -0.05) is 53.7 Å². The van der Waals surface area contributed by atoms with E-state index in [0.29, 0.717) is 23.2 Å². The highest BCUT2D eigenvalue weighted by atomic mass is 16.6. The van der Waals surface area contributed by atoms with E-state index in [-0.39, 0.29) is 12.5 Å². The highest BCUT2D eigenvalue weighted by Crippen LogP contribution is 2.49. The van der Waals surface area contributed by atoms with Gasteiger partial charge in [-0.3, -0.25) is 0 Å². The van der Waals surface area contributed by atoms with Gasteiger partial charge >= 0.3 is 0 Å². The molecule has 0 saturated carbocycles. The van der Waals surface area contributed by atoms with E-state index in [0.717, 1.165) is 33.8 Å². The summed E-state index contributed by atoms with van der Waals surface area (Å²) in [5.74, 6) is 1.87. The lowest BCUT2D eigenvalue weighted by atomic mass is 9.88. The lowest BCUT2D eigenvalue weighted by Crippen LogP contribution is -2.15. The Labute approximate surface area is 216 Å². The minimum absolute atomic E-state index is 0.0995.